The molecular weight excluding hydrogens is 327 g/mol. The van der Waals surface area contributed by atoms with Crippen LogP contribution in [0.25, 0.3) is 10.9 Å². The van der Waals surface area contributed by atoms with Gasteiger partial charge in [-0.2, -0.15) is 0 Å². The third kappa shape index (κ3) is 2.78. The summed E-state index contributed by atoms with van der Waals surface area (Å²) in [6.07, 6.45) is 3.50. The standard InChI is InChI=1S/C18H19FN2O4/c1-2-25-18(23)13-9-21(11-3-4-11)15-8-16(20-5-6-24-10-20)14(19)7-12(15)17(13)22/h7-9,11H,2-6,10H2,1H3. The number of aromatic nitrogens is 1. The number of pyridine rings is 1. The van der Waals surface area contributed by atoms with Gasteiger partial charge in [0.05, 0.1) is 24.4 Å². The molecule has 0 unspecified atom stereocenters. The Kier molecular flexibility index (Phi) is 3.95. The minimum atomic E-state index is -0.666. The van der Waals surface area contributed by atoms with Crippen LogP contribution in [0, 0.1) is 5.82 Å². The number of nitrogens with zero attached hydrogens (tertiary/aromatic N) is 2. The van der Waals surface area contributed by atoms with Crippen molar-refractivity contribution >= 4 is 22.6 Å². The van der Waals surface area contributed by atoms with Gasteiger partial charge in [-0.25, -0.2) is 9.18 Å². The number of carbonyl (C=O) groups excluding carboxylic acids is 1. The number of hydrogen-bond donors (Lipinski definition) is 0. The minimum absolute atomic E-state index is 0.0436. The highest BCUT2D eigenvalue weighted by molar-refractivity contribution is 5.94. The summed E-state index contributed by atoms with van der Waals surface area (Å²) in [6.45, 7) is 3.35. The van der Waals surface area contributed by atoms with E-state index in [0.29, 0.717) is 31.1 Å². The van der Waals surface area contributed by atoms with Crippen molar-refractivity contribution in [1.82, 2.24) is 4.57 Å². The van der Waals surface area contributed by atoms with Crippen molar-refractivity contribution in [1.29, 1.82) is 0 Å². The summed E-state index contributed by atoms with van der Waals surface area (Å²) in [5.74, 6) is -1.15. The van der Waals surface area contributed by atoms with E-state index in [1.807, 2.05) is 4.57 Å². The lowest BCUT2D eigenvalue weighted by molar-refractivity contribution is 0.0524. The molecule has 0 spiro atoms. The summed E-state index contributed by atoms with van der Waals surface area (Å²) in [5, 5.41) is 0.207. The molecule has 4 rings (SSSR count). The van der Waals surface area contributed by atoms with Gasteiger partial charge in [-0.1, -0.05) is 0 Å². The molecule has 6 nitrogen and oxygen atoms in total. The molecule has 1 aliphatic heterocycles. The number of carbonyl (C=O) groups is 1. The summed E-state index contributed by atoms with van der Waals surface area (Å²) in [5.41, 5.74) is 0.526. The molecule has 0 N–H and O–H groups in total. The molecule has 1 aliphatic carbocycles. The number of halogens is 1. The van der Waals surface area contributed by atoms with Gasteiger partial charge in [0.15, 0.2) is 0 Å². The van der Waals surface area contributed by atoms with E-state index in [9.17, 15) is 14.0 Å². The van der Waals surface area contributed by atoms with Crippen LogP contribution in [-0.4, -0.2) is 37.0 Å². The first kappa shape index (κ1) is 16.1. The molecular formula is C18H19FN2O4. The average molecular weight is 346 g/mol. The van der Waals surface area contributed by atoms with Crippen LogP contribution in [0.4, 0.5) is 10.1 Å². The Hall–Kier alpha value is -2.41. The lowest BCUT2D eigenvalue weighted by atomic mass is 10.1. The van der Waals surface area contributed by atoms with Crippen LogP contribution >= 0.6 is 0 Å². The second-order valence-corrected chi connectivity index (χ2v) is 6.35. The van der Waals surface area contributed by atoms with Gasteiger partial charge in [-0.05, 0) is 31.9 Å². The molecule has 1 saturated carbocycles. The monoisotopic (exact) mass is 346 g/mol. The van der Waals surface area contributed by atoms with Gasteiger partial charge in [-0.3, -0.25) is 4.79 Å². The fourth-order valence-corrected chi connectivity index (χ4v) is 3.21. The van der Waals surface area contributed by atoms with Gasteiger partial charge in [0.2, 0.25) is 5.43 Å². The third-order valence-electron chi connectivity index (χ3n) is 4.63. The van der Waals surface area contributed by atoms with Crippen molar-refractivity contribution in [2.45, 2.75) is 25.8 Å². The number of hydrogen-bond acceptors (Lipinski definition) is 5. The van der Waals surface area contributed by atoms with Crippen LogP contribution in [-0.2, 0) is 9.47 Å². The van der Waals surface area contributed by atoms with Gasteiger partial charge in [0.1, 0.15) is 18.1 Å². The predicted octanol–water partition coefficient (Wildman–Crippen LogP) is 2.45. The zero-order valence-electron chi connectivity index (χ0n) is 14.0. The molecule has 2 fully saturated rings. The Morgan fingerprint density at radius 1 is 1.40 bits per heavy atom. The van der Waals surface area contributed by atoms with Crippen LogP contribution in [0.3, 0.4) is 0 Å². The average Bonchev–Trinajstić information content (AvgIpc) is 3.29. The maximum atomic E-state index is 14.6. The van der Waals surface area contributed by atoms with E-state index in [2.05, 4.69) is 0 Å². The van der Waals surface area contributed by atoms with E-state index in [0.717, 1.165) is 12.8 Å². The fraction of sp³-hybridized carbons (Fsp3) is 0.444. The Balaban J connectivity index is 1.93. The normalized spacial score (nSPS) is 17.3. The summed E-state index contributed by atoms with van der Waals surface area (Å²) in [6, 6.07) is 3.14. The molecule has 0 amide bonds. The summed E-state index contributed by atoms with van der Waals surface area (Å²) in [4.78, 5) is 26.6. The number of fused-ring (bicyclic) bond motifs is 1. The number of esters is 1. The molecule has 0 atom stereocenters. The van der Waals surface area contributed by atoms with Crippen molar-refractivity contribution < 1.29 is 18.7 Å². The SMILES string of the molecule is CCOC(=O)c1cn(C2CC2)c2cc(N3CCOC3)c(F)cc2c1=O. The number of benzene rings is 1. The molecule has 132 valence electrons. The quantitative estimate of drug-likeness (QED) is 0.796. The molecule has 0 bridgehead atoms. The van der Waals surface area contributed by atoms with E-state index in [4.69, 9.17) is 9.47 Å². The first-order valence-corrected chi connectivity index (χ1v) is 8.48. The fourth-order valence-electron chi connectivity index (χ4n) is 3.21. The molecule has 2 heterocycles. The van der Waals surface area contributed by atoms with Crippen molar-refractivity contribution in [3.63, 3.8) is 0 Å². The maximum Gasteiger partial charge on any atom is 0.343 e. The first-order valence-electron chi connectivity index (χ1n) is 8.48. The third-order valence-corrected chi connectivity index (χ3v) is 4.63. The molecule has 7 heteroatoms. The smallest absolute Gasteiger partial charge is 0.343 e. The van der Waals surface area contributed by atoms with E-state index in [1.165, 1.54) is 6.07 Å². The van der Waals surface area contributed by atoms with Gasteiger partial charge in [0.25, 0.3) is 0 Å². The van der Waals surface area contributed by atoms with Crippen LogP contribution in [0.1, 0.15) is 36.2 Å². The molecule has 1 saturated heterocycles. The predicted molar refractivity (Wildman–Crippen MR) is 90.6 cm³/mol. The van der Waals surface area contributed by atoms with Crippen molar-refractivity contribution in [2.24, 2.45) is 0 Å². The van der Waals surface area contributed by atoms with Crippen LogP contribution < -0.4 is 10.3 Å². The van der Waals surface area contributed by atoms with E-state index < -0.39 is 17.2 Å². The van der Waals surface area contributed by atoms with Crippen LogP contribution in [0.5, 0.6) is 0 Å². The largest absolute Gasteiger partial charge is 0.462 e. The second kappa shape index (κ2) is 6.15. The van der Waals surface area contributed by atoms with E-state index in [1.54, 1.807) is 24.1 Å². The summed E-state index contributed by atoms with van der Waals surface area (Å²) < 4.78 is 26.8. The van der Waals surface area contributed by atoms with Gasteiger partial charge >= 0.3 is 5.97 Å². The molecule has 25 heavy (non-hydrogen) atoms. The Morgan fingerprint density at radius 2 is 2.20 bits per heavy atom. The zero-order valence-corrected chi connectivity index (χ0v) is 14.0. The minimum Gasteiger partial charge on any atom is -0.462 e. The topological polar surface area (TPSA) is 60.8 Å². The van der Waals surface area contributed by atoms with Crippen LogP contribution in [0.15, 0.2) is 23.1 Å². The number of ether oxygens (including phenoxy) is 2. The van der Waals surface area contributed by atoms with Crippen molar-refractivity contribution in [3.05, 3.63) is 39.9 Å². The Labute approximate surface area is 143 Å². The molecule has 1 aromatic carbocycles. The van der Waals surface area contributed by atoms with E-state index >= 15 is 0 Å². The van der Waals surface area contributed by atoms with E-state index in [-0.39, 0.29) is 23.6 Å². The Morgan fingerprint density at radius 3 is 2.84 bits per heavy atom. The van der Waals surface area contributed by atoms with Crippen molar-refractivity contribution in [3.8, 4) is 0 Å². The highest BCUT2D eigenvalue weighted by Crippen LogP contribution is 2.38. The number of anilines is 1. The maximum absolute atomic E-state index is 14.6. The number of rotatable bonds is 4. The molecule has 0 radical (unpaired) electrons. The first-order chi connectivity index (χ1) is 12.1. The van der Waals surface area contributed by atoms with Gasteiger partial charge in [0, 0.05) is 24.2 Å². The Bertz CT molecular complexity index is 898. The lowest BCUT2D eigenvalue weighted by Crippen LogP contribution is -2.23. The van der Waals surface area contributed by atoms with Crippen LogP contribution in [0.2, 0.25) is 0 Å². The van der Waals surface area contributed by atoms with Gasteiger partial charge < -0.3 is 18.9 Å². The zero-order chi connectivity index (χ0) is 17.6. The highest BCUT2D eigenvalue weighted by Gasteiger charge is 2.28. The van der Waals surface area contributed by atoms with Crippen molar-refractivity contribution in [2.75, 3.05) is 31.4 Å². The summed E-state index contributed by atoms with van der Waals surface area (Å²) in [7, 11) is 0. The summed E-state index contributed by atoms with van der Waals surface area (Å²) >= 11 is 0. The second-order valence-electron chi connectivity index (χ2n) is 6.35. The highest BCUT2D eigenvalue weighted by atomic mass is 19.1. The lowest BCUT2D eigenvalue weighted by Gasteiger charge is -2.19. The molecule has 1 aromatic heterocycles. The molecule has 2 aromatic rings. The molecule has 2 aliphatic rings. The van der Waals surface area contributed by atoms with Gasteiger partial charge in [-0.15, -0.1) is 0 Å².